The van der Waals surface area contributed by atoms with E-state index in [1.165, 1.54) is 49.6 Å². The molecule has 0 saturated heterocycles. The fraction of sp³-hybridized carbons (Fsp3) is 0.125. The van der Waals surface area contributed by atoms with Crippen molar-refractivity contribution in [2.24, 2.45) is 0 Å². The number of carbonyl (C=O) groups excluding carboxylic acids is 2. The number of alkyl halides is 6. The summed E-state index contributed by atoms with van der Waals surface area (Å²) >= 11 is 0. The van der Waals surface area contributed by atoms with Crippen molar-refractivity contribution in [3.05, 3.63) is 124 Å². The normalized spacial score (nSPS) is 14.6. The summed E-state index contributed by atoms with van der Waals surface area (Å²) in [6.45, 7) is -0.180. The molecule has 1 heterocycles. The first kappa shape index (κ1) is 29.4. The van der Waals surface area contributed by atoms with Crippen LogP contribution in [0.2, 0.25) is 0 Å². The van der Waals surface area contributed by atoms with Crippen LogP contribution in [0.5, 0.6) is 11.5 Å². The van der Waals surface area contributed by atoms with Gasteiger partial charge in [-0.2, -0.15) is 26.3 Å². The van der Waals surface area contributed by atoms with Gasteiger partial charge < -0.3 is 9.47 Å². The lowest BCUT2D eigenvalue weighted by atomic mass is 9.91. The average Bonchev–Trinajstić information content (AvgIpc) is 2.98. The van der Waals surface area contributed by atoms with Crippen molar-refractivity contribution >= 4 is 29.2 Å². The van der Waals surface area contributed by atoms with E-state index in [9.17, 15) is 35.9 Å². The van der Waals surface area contributed by atoms with Crippen LogP contribution >= 0.6 is 0 Å². The molecule has 0 radical (unpaired) electrons. The van der Waals surface area contributed by atoms with Crippen LogP contribution in [0.25, 0.3) is 11.6 Å². The number of nitrogens with zero attached hydrogens (tertiary/aromatic N) is 1. The first-order chi connectivity index (χ1) is 20.4. The maximum atomic E-state index is 13.7. The highest BCUT2D eigenvalue weighted by molar-refractivity contribution is 6.43. The summed E-state index contributed by atoms with van der Waals surface area (Å²) in [6.07, 6.45) is -7.72. The van der Waals surface area contributed by atoms with Gasteiger partial charge in [0.1, 0.15) is 6.61 Å². The number of ether oxygens (including phenoxy) is 2. The molecule has 0 saturated carbocycles. The van der Waals surface area contributed by atoms with Crippen molar-refractivity contribution in [2.45, 2.75) is 19.0 Å². The lowest BCUT2D eigenvalue weighted by molar-refractivity contribution is -0.138. The summed E-state index contributed by atoms with van der Waals surface area (Å²) in [5, 5.41) is 0. The van der Waals surface area contributed by atoms with E-state index in [1.54, 1.807) is 24.3 Å². The fourth-order valence-corrected chi connectivity index (χ4v) is 4.61. The van der Waals surface area contributed by atoms with Crippen molar-refractivity contribution in [3.63, 3.8) is 0 Å². The number of fused-ring (bicyclic) bond motifs is 1. The van der Waals surface area contributed by atoms with Gasteiger partial charge in [-0.25, -0.2) is 4.90 Å². The monoisotopic (exact) mass is 597 g/mol. The van der Waals surface area contributed by atoms with Crippen LogP contribution in [0.15, 0.2) is 91.0 Å². The van der Waals surface area contributed by atoms with E-state index in [1.807, 2.05) is 0 Å². The third-order valence-electron chi connectivity index (χ3n) is 6.66. The zero-order valence-corrected chi connectivity index (χ0v) is 22.3. The second-order valence-corrected chi connectivity index (χ2v) is 9.49. The number of methoxy groups -OCH3 is 1. The minimum Gasteiger partial charge on any atom is -0.493 e. The molecule has 0 bridgehead atoms. The zero-order chi connectivity index (χ0) is 30.9. The molecule has 5 nitrogen and oxygen atoms in total. The Morgan fingerprint density at radius 3 is 2.02 bits per heavy atom. The predicted molar refractivity (Wildman–Crippen MR) is 146 cm³/mol. The van der Waals surface area contributed by atoms with Gasteiger partial charge in [-0.3, -0.25) is 9.59 Å². The van der Waals surface area contributed by atoms with Crippen LogP contribution in [-0.4, -0.2) is 18.9 Å². The van der Waals surface area contributed by atoms with Crippen LogP contribution in [0.4, 0.5) is 32.0 Å². The SMILES string of the molecule is COc1cc(/C=C2\C(=O)N(c3cccc(C(F)(F)F)c3)C(=O)c3ccccc32)ccc1OCc1cccc(C(F)(F)F)c1. The van der Waals surface area contributed by atoms with Crippen LogP contribution in [0.1, 0.15) is 38.2 Å². The molecule has 43 heavy (non-hydrogen) atoms. The summed E-state index contributed by atoms with van der Waals surface area (Å²) in [5.74, 6) is -1.17. The summed E-state index contributed by atoms with van der Waals surface area (Å²) in [4.78, 5) is 27.7. The topological polar surface area (TPSA) is 55.8 Å². The number of amides is 2. The summed E-state index contributed by atoms with van der Waals surface area (Å²) < 4.78 is 90.4. The molecule has 0 unspecified atom stereocenters. The van der Waals surface area contributed by atoms with Crippen molar-refractivity contribution in [1.29, 1.82) is 0 Å². The molecule has 220 valence electrons. The Hall–Kier alpha value is -5.06. The molecule has 0 atom stereocenters. The number of hydrogen-bond donors (Lipinski definition) is 0. The van der Waals surface area contributed by atoms with Gasteiger partial charge in [-0.15, -0.1) is 0 Å². The van der Waals surface area contributed by atoms with Crippen LogP contribution in [-0.2, 0) is 23.8 Å². The molecular formula is C32H21F6NO4. The molecule has 0 N–H and O–H groups in total. The Labute approximate surface area is 241 Å². The molecule has 2 amide bonds. The lowest BCUT2D eigenvalue weighted by Crippen LogP contribution is -2.41. The van der Waals surface area contributed by atoms with E-state index >= 15 is 0 Å². The zero-order valence-electron chi connectivity index (χ0n) is 22.3. The summed E-state index contributed by atoms with van der Waals surface area (Å²) in [7, 11) is 1.36. The number of carbonyl (C=O) groups is 2. The smallest absolute Gasteiger partial charge is 0.416 e. The van der Waals surface area contributed by atoms with Crippen molar-refractivity contribution in [1.82, 2.24) is 0 Å². The molecule has 4 aromatic carbocycles. The fourth-order valence-electron chi connectivity index (χ4n) is 4.61. The first-order valence-corrected chi connectivity index (χ1v) is 12.7. The number of benzene rings is 4. The molecule has 0 aromatic heterocycles. The Balaban J connectivity index is 1.48. The highest BCUT2D eigenvalue weighted by Crippen LogP contribution is 2.38. The largest absolute Gasteiger partial charge is 0.493 e. The van der Waals surface area contributed by atoms with E-state index < -0.39 is 35.3 Å². The Kier molecular flexibility index (Phi) is 7.74. The maximum Gasteiger partial charge on any atom is 0.416 e. The molecule has 11 heteroatoms. The Morgan fingerprint density at radius 1 is 0.698 bits per heavy atom. The molecule has 1 aliphatic heterocycles. The minimum atomic E-state index is -4.68. The third kappa shape index (κ3) is 6.11. The average molecular weight is 598 g/mol. The highest BCUT2D eigenvalue weighted by atomic mass is 19.4. The summed E-state index contributed by atoms with van der Waals surface area (Å²) in [6, 6.07) is 19.5. The number of imide groups is 1. The van der Waals surface area contributed by atoms with Gasteiger partial charge in [-0.05, 0) is 71.3 Å². The van der Waals surface area contributed by atoms with E-state index in [0.717, 1.165) is 30.3 Å². The number of rotatable bonds is 6. The van der Waals surface area contributed by atoms with Crippen LogP contribution in [0, 0.1) is 0 Å². The first-order valence-electron chi connectivity index (χ1n) is 12.7. The maximum absolute atomic E-state index is 13.7. The van der Waals surface area contributed by atoms with Gasteiger partial charge in [-0.1, -0.05) is 42.5 Å². The molecule has 5 rings (SSSR count). The van der Waals surface area contributed by atoms with Crippen LogP contribution in [0.3, 0.4) is 0 Å². The van der Waals surface area contributed by atoms with Gasteiger partial charge in [0.15, 0.2) is 11.5 Å². The molecule has 0 aliphatic carbocycles. The number of halogens is 6. The van der Waals surface area contributed by atoms with Gasteiger partial charge in [0.25, 0.3) is 11.8 Å². The van der Waals surface area contributed by atoms with E-state index in [2.05, 4.69) is 0 Å². The quantitative estimate of drug-likeness (QED) is 0.128. The van der Waals surface area contributed by atoms with Gasteiger partial charge in [0.2, 0.25) is 0 Å². The van der Waals surface area contributed by atoms with Crippen LogP contribution < -0.4 is 14.4 Å². The van der Waals surface area contributed by atoms with Crippen molar-refractivity contribution < 1.29 is 45.4 Å². The van der Waals surface area contributed by atoms with E-state index in [4.69, 9.17) is 9.47 Å². The molecule has 0 fully saturated rings. The van der Waals surface area contributed by atoms with Gasteiger partial charge in [0.05, 0.1) is 23.9 Å². The lowest BCUT2D eigenvalue weighted by Gasteiger charge is -2.29. The Morgan fingerprint density at radius 2 is 1.35 bits per heavy atom. The van der Waals surface area contributed by atoms with E-state index in [-0.39, 0.29) is 40.5 Å². The van der Waals surface area contributed by atoms with Crippen molar-refractivity contribution in [3.8, 4) is 11.5 Å². The molecule has 1 aliphatic rings. The second-order valence-electron chi connectivity index (χ2n) is 9.49. The van der Waals surface area contributed by atoms with Gasteiger partial charge in [0, 0.05) is 11.1 Å². The van der Waals surface area contributed by atoms with Gasteiger partial charge >= 0.3 is 12.4 Å². The second kappa shape index (κ2) is 11.3. The molecule has 0 spiro atoms. The minimum absolute atomic E-state index is 0.0484. The summed E-state index contributed by atoms with van der Waals surface area (Å²) in [5.41, 5.74) is -0.874. The van der Waals surface area contributed by atoms with Crippen molar-refractivity contribution in [2.75, 3.05) is 12.0 Å². The molecular weight excluding hydrogens is 576 g/mol. The Bertz CT molecular complexity index is 1740. The molecule has 4 aromatic rings. The van der Waals surface area contributed by atoms with E-state index in [0.29, 0.717) is 16.0 Å². The number of hydrogen-bond acceptors (Lipinski definition) is 4. The standard InChI is InChI=1S/C32H21F6NO4/c1-42-28-16-19(12-13-27(28)43-18-20-6-4-7-21(14-20)31(33,34)35)15-26-24-10-2-3-11-25(24)29(40)39(30(26)41)23-9-5-8-22(17-23)32(36,37)38/h2-17H,18H2,1H3/b26-15-. The number of anilines is 1. The highest BCUT2D eigenvalue weighted by Gasteiger charge is 2.37. The predicted octanol–water partition coefficient (Wildman–Crippen LogP) is 8.04. The third-order valence-corrected chi connectivity index (χ3v) is 6.66.